The maximum atomic E-state index is 14.5. The van der Waals surface area contributed by atoms with Crippen LogP contribution in [-0.4, -0.2) is 18.0 Å². The monoisotopic (exact) mass is 784 g/mol. The van der Waals surface area contributed by atoms with Gasteiger partial charge in [-0.05, 0) is 58.1 Å². The van der Waals surface area contributed by atoms with Gasteiger partial charge >= 0.3 is 0 Å². The molecule has 0 fully saturated rings. The molecule has 3 aromatic carbocycles. The van der Waals surface area contributed by atoms with Crippen LogP contribution in [0.15, 0.2) is 79.1 Å². The molecule has 0 atom stereocenters. The van der Waals surface area contributed by atoms with Gasteiger partial charge in [-0.15, -0.1) is 47.5 Å². The molecule has 6 heteroatoms. The van der Waals surface area contributed by atoms with E-state index in [0.29, 0.717) is 11.6 Å². The Morgan fingerprint density at radius 1 is 0.930 bits per heavy atom. The Kier molecular flexibility index (Phi) is 9.18. The Morgan fingerprint density at radius 2 is 1.70 bits per heavy atom. The second-order valence-electron chi connectivity index (χ2n) is 12.1. The van der Waals surface area contributed by atoms with E-state index in [0.717, 1.165) is 23.7 Å². The average Bonchev–Trinajstić information content (AvgIpc) is 3.35. The van der Waals surface area contributed by atoms with Crippen molar-refractivity contribution in [1.29, 1.82) is 0 Å². The van der Waals surface area contributed by atoms with E-state index in [2.05, 4.69) is 98.9 Å². The summed E-state index contributed by atoms with van der Waals surface area (Å²) in [4.78, 5) is 8.96. The molecule has 0 aliphatic carbocycles. The van der Waals surface area contributed by atoms with Crippen molar-refractivity contribution in [2.24, 2.45) is 5.92 Å². The molecule has 0 spiro atoms. The van der Waals surface area contributed by atoms with E-state index in [1.807, 2.05) is 41.9 Å². The van der Waals surface area contributed by atoms with Gasteiger partial charge in [0.05, 0.1) is 8.07 Å². The predicted octanol–water partition coefficient (Wildman–Crippen LogP) is 9.96. The topological polar surface area (TPSA) is 25.8 Å². The van der Waals surface area contributed by atoms with Gasteiger partial charge in [-0.25, -0.2) is 0 Å². The zero-order valence-electron chi connectivity index (χ0n) is 28.3. The summed E-state index contributed by atoms with van der Waals surface area (Å²) in [6, 6.07) is 27.3. The van der Waals surface area contributed by atoms with Gasteiger partial charge in [0, 0.05) is 47.1 Å². The number of hydrogen-bond donors (Lipinski definition) is 0. The summed E-state index contributed by atoms with van der Waals surface area (Å²) in [5.74, 6) is -0.116. The molecule has 0 saturated carbocycles. The van der Waals surface area contributed by atoms with Crippen molar-refractivity contribution in [3.8, 4) is 22.5 Å². The van der Waals surface area contributed by atoms with E-state index >= 15 is 0 Å². The molecule has 1 radical (unpaired) electrons. The van der Waals surface area contributed by atoms with Gasteiger partial charge in [-0.3, -0.25) is 4.39 Å². The Morgan fingerprint density at radius 3 is 2.40 bits per heavy atom. The molecule has 2 nitrogen and oxygen atoms in total. The Bertz CT molecular complexity index is 1980. The maximum Gasteiger partial charge on any atom is 0.0798 e. The van der Waals surface area contributed by atoms with Gasteiger partial charge in [-0.1, -0.05) is 92.7 Å². The first-order chi connectivity index (χ1) is 21.2. The van der Waals surface area contributed by atoms with E-state index in [9.17, 15) is 4.39 Å². The van der Waals surface area contributed by atoms with Gasteiger partial charge in [0.25, 0.3) is 0 Å². The molecule has 3 heterocycles. The number of aryl methyl sites for hydroxylation is 2. The molecule has 0 amide bonds. The molecule has 6 aromatic rings. The van der Waals surface area contributed by atoms with Crippen molar-refractivity contribution in [2.75, 3.05) is 0 Å². The minimum atomic E-state index is -2.34. The third kappa shape index (κ3) is 7.56. The fourth-order valence-electron chi connectivity index (χ4n) is 5.14. The van der Waals surface area contributed by atoms with E-state index in [1.165, 1.54) is 42.6 Å². The minimum Gasteiger partial charge on any atom is -0.305 e. The van der Waals surface area contributed by atoms with Crippen molar-refractivity contribution in [3.05, 3.63) is 114 Å². The van der Waals surface area contributed by atoms with Crippen LogP contribution in [0.25, 0.3) is 42.7 Å². The first-order valence-electron chi connectivity index (χ1n) is 15.7. The second-order valence-corrected chi connectivity index (χ2v) is 18.2. The SMILES string of the molecule is Cc1ccnc(-c2[c-]ccc3c2sc2ccccc23)c1.[2H]C([2H])([2H])c1c[c-]c(-c2cc(CC(C)C)c([Si](C)(C)C)cn2)c(F)c1.[Ir]. The zero-order valence-corrected chi connectivity index (χ0v) is 29.5. The van der Waals surface area contributed by atoms with Crippen molar-refractivity contribution in [3.63, 3.8) is 0 Å². The zero-order chi connectivity index (χ0) is 32.5. The molecule has 3 aromatic heterocycles. The Balaban J connectivity index is 0.000000208. The summed E-state index contributed by atoms with van der Waals surface area (Å²) < 4.78 is 39.2. The molecule has 0 aliphatic heterocycles. The van der Waals surface area contributed by atoms with Crippen molar-refractivity contribution in [2.45, 2.75) is 53.7 Å². The van der Waals surface area contributed by atoms with Gasteiger partial charge in [0.1, 0.15) is 0 Å². The van der Waals surface area contributed by atoms with Crippen LogP contribution in [0, 0.1) is 37.6 Å². The van der Waals surface area contributed by atoms with Crippen molar-refractivity contribution < 1.29 is 28.6 Å². The third-order valence-corrected chi connectivity index (χ3v) is 10.4. The second kappa shape index (κ2) is 13.7. The number of benzene rings is 3. The summed E-state index contributed by atoms with van der Waals surface area (Å²) >= 11 is 1.82. The standard InChI is InChI=1S/C19H25FNSi.C18H12NS.Ir/c1-13(2)9-15-11-18(21-12-19(15)22(4,5)6)16-8-7-14(3)10-17(16)20;1-12-9-10-19-16(11-12)15-7-4-6-14-13-5-2-3-8-17(13)20-18(14)15;/h7,10-13H,9H2,1-6H3;2-6,8-11H,1H3;/q2*-1;/i3D3;;. The molecule has 6 rings (SSSR count). The van der Waals surface area contributed by atoms with Crippen LogP contribution in [0.3, 0.4) is 0 Å². The van der Waals surface area contributed by atoms with Crippen LogP contribution in [0.4, 0.5) is 4.39 Å². The van der Waals surface area contributed by atoms with Crippen LogP contribution < -0.4 is 5.19 Å². The van der Waals surface area contributed by atoms with Crippen LogP contribution in [-0.2, 0) is 26.5 Å². The number of halogens is 1. The molecule has 0 bridgehead atoms. The van der Waals surface area contributed by atoms with Crippen LogP contribution in [0.5, 0.6) is 0 Å². The molecule has 0 N–H and O–H groups in total. The molecular weight excluding hydrogens is 744 g/mol. The number of nitrogens with zero attached hydrogens (tertiary/aromatic N) is 2. The van der Waals surface area contributed by atoms with Crippen LogP contribution in [0.2, 0.25) is 19.6 Å². The number of hydrogen-bond acceptors (Lipinski definition) is 3. The summed E-state index contributed by atoms with van der Waals surface area (Å²) in [6.07, 6.45) is 4.64. The summed E-state index contributed by atoms with van der Waals surface area (Å²) in [6.45, 7) is 10.9. The Labute approximate surface area is 278 Å². The van der Waals surface area contributed by atoms with Crippen LogP contribution >= 0.6 is 11.3 Å². The molecule has 43 heavy (non-hydrogen) atoms. The quantitative estimate of drug-likeness (QED) is 0.129. The van der Waals surface area contributed by atoms with E-state index < -0.39 is 20.7 Å². The molecule has 0 saturated heterocycles. The molecule has 0 unspecified atom stereocenters. The fourth-order valence-corrected chi connectivity index (χ4v) is 7.93. The molecule has 0 aliphatic rings. The number of aromatic nitrogens is 2. The number of pyridine rings is 2. The van der Waals surface area contributed by atoms with Crippen LogP contribution in [0.1, 0.15) is 34.7 Å². The maximum absolute atomic E-state index is 14.5. The third-order valence-electron chi connectivity index (χ3n) is 7.09. The normalized spacial score (nSPS) is 12.7. The first kappa shape index (κ1) is 28.7. The van der Waals surface area contributed by atoms with E-state index in [4.69, 9.17) is 4.11 Å². The summed E-state index contributed by atoms with van der Waals surface area (Å²) in [5.41, 5.74) is 5.21. The predicted molar refractivity (Wildman–Crippen MR) is 181 cm³/mol. The fraction of sp³-hybridized carbons (Fsp3) is 0.243. The van der Waals surface area contributed by atoms with Gasteiger partial charge in [0.2, 0.25) is 0 Å². The molecule has 223 valence electrons. The van der Waals surface area contributed by atoms with E-state index in [-0.39, 0.29) is 31.2 Å². The van der Waals surface area contributed by atoms with Gasteiger partial charge < -0.3 is 9.97 Å². The largest absolute Gasteiger partial charge is 0.305 e. The Hall–Kier alpha value is -3.02. The minimum absolute atomic E-state index is 0. The number of thiophene rings is 1. The van der Waals surface area contributed by atoms with Gasteiger partial charge in [-0.2, -0.15) is 11.3 Å². The number of fused-ring (bicyclic) bond motifs is 3. The van der Waals surface area contributed by atoms with Crippen molar-refractivity contribution >= 4 is 44.8 Å². The van der Waals surface area contributed by atoms with Crippen molar-refractivity contribution in [1.82, 2.24) is 9.97 Å². The average molecular weight is 784 g/mol. The first-order valence-corrected chi connectivity index (χ1v) is 18.5. The summed E-state index contributed by atoms with van der Waals surface area (Å²) in [7, 11) is -1.56. The van der Waals surface area contributed by atoms with E-state index in [1.54, 1.807) is 0 Å². The number of rotatable bonds is 5. The smallest absolute Gasteiger partial charge is 0.0798 e. The van der Waals surface area contributed by atoms with Gasteiger partial charge in [0.15, 0.2) is 0 Å². The summed E-state index contributed by atoms with van der Waals surface area (Å²) in [5, 5.41) is 3.89. The molecular formula is C37H37FIrN2SSi-2.